The highest BCUT2D eigenvalue weighted by Gasteiger charge is 2.15. The number of ether oxygens (including phenoxy) is 1. The molecule has 116 valence electrons. The van der Waals surface area contributed by atoms with Crippen LogP contribution in [-0.2, 0) is 14.3 Å². The summed E-state index contributed by atoms with van der Waals surface area (Å²) in [6.07, 6.45) is 2.07. The Balaban J connectivity index is 2.05. The molecule has 6 heteroatoms. The van der Waals surface area contributed by atoms with Gasteiger partial charge in [-0.25, -0.2) is 4.79 Å². The standard InChI is InChI=1S/C16H16ClNO3S/c1-3-18-16(20)10(2)21-14(19)9-8-13-15(17)11-6-4-5-7-12(11)22-13/h4-10H,3H2,1-2H3,(H,18,20)/b9-8+/t10-/m0/s1. The van der Waals surface area contributed by atoms with Crippen molar-refractivity contribution < 1.29 is 14.3 Å². The van der Waals surface area contributed by atoms with Crippen LogP contribution in [0.5, 0.6) is 0 Å². The van der Waals surface area contributed by atoms with Gasteiger partial charge in [-0.3, -0.25) is 4.79 Å². The lowest BCUT2D eigenvalue weighted by atomic mass is 10.2. The van der Waals surface area contributed by atoms with Crippen LogP contribution in [0.2, 0.25) is 5.02 Å². The molecule has 1 aromatic carbocycles. The number of nitrogens with one attached hydrogen (secondary N) is 1. The molecular weight excluding hydrogens is 322 g/mol. The zero-order valence-corrected chi connectivity index (χ0v) is 13.8. The van der Waals surface area contributed by atoms with Gasteiger partial charge in [0.15, 0.2) is 6.10 Å². The highest BCUT2D eigenvalue weighted by atomic mass is 35.5. The highest BCUT2D eigenvalue weighted by Crippen LogP contribution is 2.35. The summed E-state index contributed by atoms with van der Waals surface area (Å²) in [5.74, 6) is -0.892. The molecule has 1 amide bonds. The molecule has 0 radical (unpaired) electrons. The Hall–Kier alpha value is -1.85. The normalized spacial score (nSPS) is 12.5. The third-order valence-electron chi connectivity index (χ3n) is 2.94. The molecule has 0 fully saturated rings. The maximum atomic E-state index is 11.7. The molecule has 0 aliphatic carbocycles. The quantitative estimate of drug-likeness (QED) is 0.669. The van der Waals surface area contributed by atoms with E-state index in [1.54, 1.807) is 13.0 Å². The lowest BCUT2D eigenvalue weighted by Gasteiger charge is -2.10. The number of carbonyl (C=O) groups excluding carboxylic acids is 2. The van der Waals surface area contributed by atoms with Crippen molar-refractivity contribution in [3.8, 4) is 0 Å². The molecule has 22 heavy (non-hydrogen) atoms. The molecule has 2 aromatic rings. The smallest absolute Gasteiger partial charge is 0.331 e. The van der Waals surface area contributed by atoms with Gasteiger partial charge in [-0.1, -0.05) is 29.8 Å². The largest absolute Gasteiger partial charge is 0.449 e. The second-order valence-electron chi connectivity index (χ2n) is 4.58. The van der Waals surface area contributed by atoms with Gasteiger partial charge in [0.2, 0.25) is 0 Å². The minimum atomic E-state index is -0.824. The average molecular weight is 338 g/mol. The number of hydrogen-bond donors (Lipinski definition) is 1. The van der Waals surface area contributed by atoms with Crippen LogP contribution in [0.15, 0.2) is 30.3 Å². The summed E-state index contributed by atoms with van der Waals surface area (Å²) in [5.41, 5.74) is 0. The molecule has 2 rings (SSSR count). The molecule has 0 saturated heterocycles. The molecule has 0 aliphatic rings. The number of amides is 1. The summed E-state index contributed by atoms with van der Waals surface area (Å²) >= 11 is 7.77. The van der Waals surface area contributed by atoms with Gasteiger partial charge in [-0.05, 0) is 26.0 Å². The van der Waals surface area contributed by atoms with E-state index in [-0.39, 0.29) is 5.91 Å². The van der Waals surface area contributed by atoms with Crippen molar-refractivity contribution in [1.82, 2.24) is 5.32 Å². The SMILES string of the molecule is CCNC(=O)[C@H](C)OC(=O)/C=C/c1sc2ccccc2c1Cl. The summed E-state index contributed by atoms with van der Waals surface area (Å²) in [6.45, 7) is 3.83. The minimum Gasteiger partial charge on any atom is -0.449 e. The van der Waals surface area contributed by atoms with Crippen LogP contribution in [-0.4, -0.2) is 24.5 Å². The molecule has 4 nitrogen and oxygen atoms in total. The molecule has 1 heterocycles. The topological polar surface area (TPSA) is 55.4 Å². The van der Waals surface area contributed by atoms with Crippen LogP contribution >= 0.6 is 22.9 Å². The van der Waals surface area contributed by atoms with Crippen LogP contribution in [0.1, 0.15) is 18.7 Å². The van der Waals surface area contributed by atoms with Gasteiger partial charge in [0.1, 0.15) is 0 Å². The third-order valence-corrected chi connectivity index (χ3v) is 4.60. The van der Waals surface area contributed by atoms with E-state index in [0.29, 0.717) is 11.6 Å². The lowest BCUT2D eigenvalue weighted by Crippen LogP contribution is -2.35. The van der Waals surface area contributed by atoms with E-state index < -0.39 is 12.1 Å². The molecule has 0 unspecified atom stereocenters. The molecular formula is C16H16ClNO3S. The molecule has 0 saturated carbocycles. The van der Waals surface area contributed by atoms with Gasteiger partial charge in [0.25, 0.3) is 5.91 Å². The van der Waals surface area contributed by atoms with Crippen LogP contribution in [0.3, 0.4) is 0 Å². The number of esters is 1. The summed E-state index contributed by atoms with van der Waals surface area (Å²) < 4.78 is 6.08. The van der Waals surface area contributed by atoms with Crippen LogP contribution in [0, 0.1) is 0 Å². The predicted molar refractivity (Wildman–Crippen MR) is 90.1 cm³/mol. The van der Waals surface area contributed by atoms with E-state index >= 15 is 0 Å². The zero-order chi connectivity index (χ0) is 16.1. The van der Waals surface area contributed by atoms with E-state index in [4.69, 9.17) is 16.3 Å². The second kappa shape index (κ2) is 7.42. The minimum absolute atomic E-state index is 0.316. The fourth-order valence-electron chi connectivity index (χ4n) is 1.87. The molecule has 0 spiro atoms. The van der Waals surface area contributed by atoms with Crippen molar-refractivity contribution in [1.29, 1.82) is 0 Å². The fourth-order valence-corrected chi connectivity index (χ4v) is 3.27. The number of benzene rings is 1. The number of fused-ring (bicyclic) bond motifs is 1. The van der Waals surface area contributed by atoms with Crippen molar-refractivity contribution >= 4 is 51.0 Å². The predicted octanol–water partition coefficient (Wildman–Crippen LogP) is 3.64. The summed E-state index contributed by atoms with van der Waals surface area (Å²) in [4.78, 5) is 24.0. The number of rotatable bonds is 5. The molecule has 0 bridgehead atoms. The van der Waals surface area contributed by atoms with Crippen molar-refractivity contribution in [2.75, 3.05) is 6.54 Å². The van der Waals surface area contributed by atoms with Gasteiger partial charge < -0.3 is 10.1 Å². The first kappa shape index (κ1) is 16.5. The maximum Gasteiger partial charge on any atom is 0.331 e. The van der Waals surface area contributed by atoms with Crippen molar-refractivity contribution in [3.63, 3.8) is 0 Å². The average Bonchev–Trinajstić information content (AvgIpc) is 2.82. The second-order valence-corrected chi connectivity index (χ2v) is 6.05. The molecule has 0 aliphatic heterocycles. The number of halogens is 1. The third kappa shape index (κ3) is 3.87. The zero-order valence-electron chi connectivity index (χ0n) is 12.3. The van der Waals surface area contributed by atoms with Gasteiger partial charge in [0, 0.05) is 27.6 Å². The highest BCUT2D eigenvalue weighted by molar-refractivity contribution is 7.20. The van der Waals surface area contributed by atoms with E-state index in [2.05, 4.69) is 5.32 Å². The van der Waals surface area contributed by atoms with E-state index in [0.717, 1.165) is 15.0 Å². The molecule has 1 N–H and O–H groups in total. The van der Waals surface area contributed by atoms with Crippen LogP contribution < -0.4 is 5.32 Å². The Kier molecular flexibility index (Phi) is 5.57. The Bertz CT molecular complexity index is 723. The first-order valence-corrected chi connectivity index (χ1v) is 8.05. The molecule has 1 atom stereocenters. The maximum absolute atomic E-state index is 11.7. The van der Waals surface area contributed by atoms with Crippen LogP contribution in [0.4, 0.5) is 0 Å². The number of likely N-dealkylation sites (N-methyl/N-ethyl adjacent to an activating group) is 1. The monoisotopic (exact) mass is 337 g/mol. The first-order chi connectivity index (χ1) is 10.5. The first-order valence-electron chi connectivity index (χ1n) is 6.86. The number of hydrogen-bond acceptors (Lipinski definition) is 4. The van der Waals surface area contributed by atoms with Gasteiger partial charge in [0.05, 0.1) is 5.02 Å². The van der Waals surface area contributed by atoms with Crippen molar-refractivity contribution in [2.45, 2.75) is 20.0 Å². The van der Waals surface area contributed by atoms with E-state index in [1.165, 1.54) is 24.3 Å². The van der Waals surface area contributed by atoms with E-state index in [9.17, 15) is 9.59 Å². The number of carbonyl (C=O) groups is 2. The summed E-state index contributed by atoms with van der Waals surface area (Å²) in [7, 11) is 0. The Morgan fingerprint density at radius 2 is 2.14 bits per heavy atom. The van der Waals surface area contributed by atoms with Gasteiger partial charge in [-0.15, -0.1) is 11.3 Å². The van der Waals surface area contributed by atoms with Crippen molar-refractivity contribution in [2.24, 2.45) is 0 Å². The lowest BCUT2D eigenvalue weighted by molar-refractivity contribution is -0.150. The van der Waals surface area contributed by atoms with Gasteiger partial charge >= 0.3 is 5.97 Å². The summed E-state index contributed by atoms with van der Waals surface area (Å²) in [5, 5.41) is 4.16. The van der Waals surface area contributed by atoms with E-state index in [1.807, 2.05) is 24.3 Å². The van der Waals surface area contributed by atoms with Gasteiger partial charge in [-0.2, -0.15) is 0 Å². The Morgan fingerprint density at radius 3 is 2.82 bits per heavy atom. The summed E-state index contributed by atoms with van der Waals surface area (Å²) in [6, 6.07) is 7.75. The van der Waals surface area contributed by atoms with Crippen LogP contribution in [0.25, 0.3) is 16.2 Å². The fraction of sp³-hybridized carbons (Fsp3) is 0.250. The molecule has 1 aromatic heterocycles. The Labute approximate surface area is 137 Å². The number of thiophene rings is 1. The Morgan fingerprint density at radius 1 is 1.41 bits per heavy atom. The van der Waals surface area contributed by atoms with Crippen molar-refractivity contribution in [3.05, 3.63) is 40.2 Å².